The van der Waals surface area contributed by atoms with Crippen LogP contribution < -0.4 is 9.64 Å². The molecule has 178 valence electrons. The number of carbonyl (C=O) groups is 1. The van der Waals surface area contributed by atoms with E-state index in [0.29, 0.717) is 6.61 Å². The first-order valence-corrected chi connectivity index (χ1v) is 12.0. The van der Waals surface area contributed by atoms with Gasteiger partial charge < -0.3 is 24.0 Å². The summed E-state index contributed by atoms with van der Waals surface area (Å²) in [5, 5.41) is 0. The molecule has 33 heavy (non-hydrogen) atoms. The normalized spacial score (nSPS) is 18.9. The molecule has 2 aliphatic heterocycles. The molecule has 1 amide bonds. The lowest BCUT2D eigenvalue weighted by Crippen LogP contribution is -2.42. The average molecular weight is 453 g/mol. The van der Waals surface area contributed by atoms with E-state index >= 15 is 0 Å². The van der Waals surface area contributed by atoms with E-state index in [0.717, 1.165) is 57.9 Å². The minimum absolute atomic E-state index is 0.0597. The summed E-state index contributed by atoms with van der Waals surface area (Å²) in [6.45, 7) is 10.4. The van der Waals surface area contributed by atoms with Gasteiger partial charge in [0.1, 0.15) is 18.0 Å². The molecule has 0 radical (unpaired) electrons. The number of benzene rings is 2. The van der Waals surface area contributed by atoms with Crippen LogP contribution in [-0.2, 0) is 15.9 Å². The van der Waals surface area contributed by atoms with Crippen molar-refractivity contribution in [2.24, 2.45) is 0 Å². The van der Waals surface area contributed by atoms with E-state index in [1.54, 1.807) is 4.90 Å². The lowest BCUT2D eigenvalue weighted by atomic mass is 10.0. The van der Waals surface area contributed by atoms with Crippen LogP contribution in [0.25, 0.3) is 0 Å². The van der Waals surface area contributed by atoms with Gasteiger partial charge in [0, 0.05) is 25.3 Å². The minimum Gasteiger partial charge on any atom is -0.491 e. The molecule has 2 aromatic carbocycles. The summed E-state index contributed by atoms with van der Waals surface area (Å²) in [6.07, 6.45) is 2.57. The van der Waals surface area contributed by atoms with Crippen LogP contribution >= 0.6 is 0 Å². The van der Waals surface area contributed by atoms with Gasteiger partial charge in [0.25, 0.3) is 0 Å². The Bertz CT molecular complexity index is 899. The second-order valence-corrected chi connectivity index (χ2v) is 9.87. The molecule has 0 aromatic heterocycles. The van der Waals surface area contributed by atoms with Gasteiger partial charge in [-0.3, -0.25) is 0 Å². The molecule has 0 bridgehead atoms. The van der Waals surface area contributed by atoms with Gasteiger partial charge in [-0.15, -0.1) is 0 Å². The van der Waals surface area contributed by atoms with E-state index in [9.17, 15) is 4.79 Å². The molecule has 2 fully saturated rings. The molecule has 0 spiro atoms. The Labute approximate surface area is 197 Å². The first kappa shape index (κ1) is 23.4. The molecule has 0 saturated carbocycles. The van der Waals surface area contributed by atoms with Crippen molar-refractivity contribution in [2.75, 3.05) is 44.4 Å². The standard InChI is InChI=1S/C27H36N2O4/c1-27(2,3)33-26(30)29-14-4-5-24(29)20-32-25-12-8-22(9-13-25)19-21-6-10-23(11-7-21)28-15-17-31-18-16-28/h6-13,24H,4-5,14-20H2,1-3H3. The first-order valence-electron chi connectivity index (χ1n) is 12.0. The van der Waals surface area contributed by atoms with Gasteiger partial charge in [-0.05, 0) is 75.4 Å². The Hall–Kier alpha value is -2.73. The Morgan fingerprint density at radius 2 is 1.61 bits per heavy atom. The summed E-state index contributed by atoms with van der Waals surface area (Å²) in [5.41, 5.74) is 3.32. The number of ether oxygens (including phenoxy) is 3. The predicted molar refractivity (Wildman–Crippen MR) is 130 cm³/mol. The zero-order chi connectivity index (χ0) is 23.3. The highest BCUT2D eigenvalue weighted by molar-refractivity contribution is 5.69. The van der Waals surface area contributed by atoms with Gasteiger partial charge in [-0.1, -0.05) is 24.3 Å². The molecule has 0 N–H and O–H groups in total. The van der Waals surface area contributed by atoms with Crippen LogP contribution in [0.5, 0.6) is 5.75 Å². The maximum atomic E-state index is 12.5. The third kappa shape index (κ3) is 6.64. The van der Waals surface area contributed by atoms with Crippen molar-refractivity contribution in [1.82, 2.24) is 4.90 Å². The molecule has 1 atom stereocenters. The second kappa shape index (κ2) is 10.5. The number of amides is 1. The van der Waals surface area contributed by atoms with E-state index in [1.165, 1.54) is 16.8 Å². The lowest BCUT2D eigenvalue weighted by Gasteiger charge is -2.29. The largest absolute Gasteiger partial charge is 0.491 e. The number of carbonyl (C=O) groups excluding carboxylic acids is 1. The van der Waals surface area contributed by atoms with Crippen LogP contribution in [0.2, 0.25) is 0 Å². The fourth-order valence-electron chi connectivity index (χ4n) is 4.35. The Morgan fingerprint density at radius 3 is 2.24 bits per heavy atom. The number of anilines is 1. The molecular formula is C27H36N2O4. The van der Waals surface area contributed by atoms with E-state index < -0.39 is 5.60 Å². The van der Waals surface area contributed by atoms with Gasteiger partial charge in [-0.25, -0.2) is 4.79 Å². The highest BCUT2D eigenvalue weighted by Gasteiger charge is 2.32. The molecule has 6 nitrogen and oxygen atoms in total. The first-order chi connectivity index (χ1) is 15.9. The zero-order valence-electron chi connectivity index (χ0n) is 20.1. The Morgan fingerprint density at radius 1 is 0.970 bits per heavy atom. The number of morpholine rings is 1. The van der Waals surface area contributed by atoms with E-state index in [-0.39, 0.29) is 12.1 Å². The van der Waals surface area contributed by atoms with Crippen LogP contribution in [0.3, 0.4) is 0 Å². The topological polar surface area (TPSA) is 51.2 Å². The molecule has 2 heterocycles. The summed E-state index contributed by atoms with van der Waals surface area (Å²) in [7, 11) is 0. The van der Waals surface area contributed by atoms with Gasteiger partial charge in [0.2, 0.25) is 0 Å². The lowest BCUT2D eigenvalue weighted by molar-refractivity contribution is 0.0187. The summed E-state index contributed by atoms with van der Waals surface area (Å²) in [6, 6.07) is 17.2. The van der Waals surface area contributed by atoms with Gasteiger partial charge in [0.05, 0.1) is 19.3 Å². The second-order valence-electron chi connectivity index (χ2n) is 9.87. The number of likely N-dealkylation sites (tertiary alicyclic amines) is 1. The minimum atomic E-state index is -0.482. The number of rotatable bonds is 6. The Kier molecular flexibility index (Phi) is 7.43. The molecular weight excluding hydrogens is 416 g/mol. The molecule has 2 aromatic rings. The Balaban J connectivity index is 1.27. The molecule has 0 aliphatic carbocycles. The highest BCUT2D eigenvalue weighted by Crippen LogP contribution is 2.23. The molecule has 2 aliphatic rings. The fraction of sp³-hybridized carbons (Fsp3) is 0.519. The fourth-order valence-corrected chi connectivity index (χ4v) is 4.35. The molecule has 6 heteroatoms. The highest BCUT2D eigenvalue weighted by atomic mass is 16.6. The van der Waals surface area contributed by atoms with Crippen LogP contribution in [0.1, 0.15) is 44.7 Å². The average Bonchev–Trinajstić information content (AvgIpc) is 3.28. The van der Waals surface area contributed by atoms with Crippen molar-refractivity contribution in [3.63, 3.8) is 0 Å². The van der Waals surface area contributed by atoms with Crippen molar-refractivity contribution >= 4 is 11.8 Å². The van der Waals surface area contributed by atoms with Crippen LogP contribution in [-0.4, -0.2) is 62.1 Å². The zero-order valence-corrected chi connectivity index (χ0v) is 20.1. The van der Waals surface area contributed by atoms with Crippen molar-refractivity contribution in [1.29, 1.82) is 0 Å². The maximum Gasteiger partial charge on any atom is 0.410 e. The summed E-state index contributed by atoms with van der Waals surface area (Å²) < 4.78 is 17.0. The van der Waals surface area contributed by atoms with Crippen molar-refractivity contribution in [3.05, 3.63) is 59.7 Å². The maximum absolute atomic E-state index is 12.5. The third-order valence-electron chi connectivity index (χ3n) is 6.09. The molecule has 2 saturated heterocycles. The molecule has 4 rings (SSSR count). The van der Waals surface area contributed by atoms with Crippen molar-refractivity contribution in [2.45, 2.75) is 51.7 Å². The van der Waals surface area contributed by atoms with Crippen LogP contribution in [0, 0.1) is 0 Å². The predicted octanol–water partition coefficient (Wildman–Crippen LogP) is 4.89. The van der Waals surface area contributed by atoms with Gasteiger partial charge in [-0.2, -0.15) is 0 Å². The van der Waals surface area contributed by atoms with Crippen LogP contribution in [0.4, 0.5) is 10.5 Å². The van der Waals surface area contributed by atoms with E-state index in [2.05, 4.69) is 41.3 Å². The monoisotopic (exact) mass is 452 g/mol. The van der Waals surface area contributed by atoms with Gasteiger partial charge >= 0.3 is 6.09 Å². The summed E-state index contributed by atoms with van der Waals surface area (Å²) >= 11 is 0. The third-order valence-corrected chi connectivity index (χ3v) is 6.09. The number of nitrogens with zero attached hydrogens (tertiary/aromatic N) is 2. The molecule has 1 unspecified atom stereocenters. The number of hydrogen-bond donors (Lipinski definition) is 0. The van der Waals surface area contributed by atoms with Crippen LogP contribution in [0.15, 0.2) is 48.5 Å². The van der Waals surface area contributed by atoms with E-state index in [4.69, 9.17) is 14.2 Å². The number of hydrogen-bond acceptors (Lipinski definition) is 5. The smallest absolute Gasteiger partial charge is 0.410 e. The quantitative estimate of drug-likeness (QED) is 0.625. The van der Waals surface area contributed by atoms with Crippen molar-refractivity contribution in [3.8, 4) is 5.75 Å². The summed E-state index contributed by atoms with van der Waals surface area (Å²) in [4.78, 5) is 16.6. The SMILES string of the molecule is CC(C)(C)OC(=O)N1CCCC1COc1ccc(Cc2ccc(N3CCOCC3)cc2)cc1. The summed E-state index contributed by atoms with van der Waals surface area (Å²) in [5.74, 6) is 0.831. The van der Waals surface area contributed by atoms with E-state index in [1.807, 2.05) is 32.9 Å². The van der Waals surface area contributed by atoms with Gasteiger partial charge in [0.15, 0.2) is 0 Å². The van der Waals surface area contributed by atoms with Crippen molar-refractivity contribution < 1.29 is 19.0 Å².